The molecule has 0 aliphatic carbocycles. The van der Waals surface area contributed by atoms with Gasteiger partial charge in [-0.3, -0.25) is 4.31 Å². The number of rotatable bonds is 6. The smallest absolute Gasteiger partial charge is 0.337 e. The van der Waals surface area contributed by atoms with Gasteiger partial charge in [-0.2, -0.15) is 0 Å². The number of esters is 1. The van der Waals surface area contributed by atoms with Crippen LogP contribution in [0.5, 0.6) is 0 Å². The summed E-state index contributed by atoms with van der Waals surface area (Å²) in [6, 6.07) is 21.8. The Kier molecular flexibility index (Phi) is 6.01. The average Bonchev–Trinajstić information content (AvgIpc) is 2.77. The number of carbonyl (C=O) groups excluding carboxylic acids is 1. The summed E-state index contributed by atoms with van der Waals surface area (Å²) >= 11 is 0. The Morgan fingerprint density at radius 3 is 2.41 bits per heavy atom. The highest BCUT2D eigenvalue weighted by atomic mass is 32.2. The Labute approximate surface area is 170 Å². The lowest BCUT2D eigenvalue weighted by Crippen LogP contribution is -2.30. The molecule has 3 aromatic carbocycles. The summed E-state index contributed by atoms with van der Waals surface area (Å²) in [5, 5.41) is 0. The lowest BCUT2D eigenvalue weighted by atomic mass is 10.2. The van der Waals surface area contributed by atoms with Crippen molar-refractivity contribution in [1.29, 1.82) is 0 Å². The molecule has 3 aromatic rings. The summed E-state index contributed by atoms with van der Waals surface area (Å²) < 4.78 is 33.0. The van der Waals surface area contributed by atoms with Crippen molar-refractivity contribution >= 4 is 21.7 Å². The fourth-order valence-corrected chi connectivity index (χ4v) is 4.33. The fourth-order valence-electron chi connectivity index (χ4n) is 2.84. The average molecular weight is 405 g/mol. The number of carbonyl (C=O) groups is 1. The number of methoxy groups -OCH3 is 1. The first-order valence-corrected chi connectivity index (χ1v) is 10.2. The van der Waals surface area contributed by atoms with E-state index >= 15 is 0 Å². The Morgan fingerprint density at radius 1 is 1.00 bits per heavy atom. The van der Waals surface area contributed by atoms with E-state index in [2.05, 4.69) is 5.92 Å². The molecule has 0 spiro atoms. The standard InChI is InChI=1S/C23H19NO4S/c1-3-18-11-7-13-21(15-18)24(17-19-9-5-4-6-10-19)29(26,27)22-14-8-12-20(16-22)23(25)28-2/h1,4-16H,17H2,2H3. The molecule has 0 radical (unpaired) electrons. The van der Waals surface area contributed by atoms with E-state index in [1.807, 2.05) is 30.3 Å². The molecular weight excluding hydrogens is 386 g/mol. The van der Waals surface area contributed by atoms with Gasteiger partial charge in [0.05, 0.1) is 29.8 Å². The van der Waals surface area contributed by atoms with Gasteiger partial charge in [0.1, 0.15) is 0 Å². The summed E-state index contributed by atoms with van der Waals surface area (Å²) in [7, 11) is -2.74. The molecule has 0 heterocycles. The summed E-state index contributed by atoms with van der Waals surface area (Å²) in [6.45, 7) is 0.111. The van der Waals surface area contributed by atoms with Gasteiger partial charge in [0.2, 0.25) is 0 Å². The second-order valence-corrected chi connectivity index (χ2v) is 8.07. The van der Waals surface area contributed by atoms with Gasteiger partial charge in [0, 0.05) is 5.56 Å². The third kappa shape index (κ3) is 4.48. The Morgan fingerprint density at radius 2 is 1.72 bits per heavy atom. The van der Waals surface area contributed by atoms with Gasteiger partial charge in [-0.1, -0.05) is 48.4 Å². The van der Waals surface area contributed by atoms with Crippen LogP contribution in [0.2, 0.25) is 0 Å². The second kappa shape index (κ2) is 8.63. The first-order chi connectivity index (χ1) is 14.0. The zero-order chi connectivity index (χ0) is 20.9. The maximum Gasteiger partial charge on any atom is 0.337 e. The third-order valence-corrected chi connectivity index (χ3v) is 6.08. The van der Waals surface area contributed by atoms with Gasteiger partial charge >= 0.3 is 5.97 Å². The number of hydrogen-bond acceptors (Lipinski definition) is 4. The monoisotopic (exact) mass is 405 g/mol. The van der Waals surface area contributed by atoms with Crippen molar-refractivity contribution in [2.75, 3.05) is 11.4 Å². The van der Waals surface area contributed by atoms with E-state index in [0.29, 0.717) is 11.3 Å². The Bertz CT molecular complexity index is 1160. The zero-order valence-corrected chi connectivity index (χ0v) is 16.6. The molecule has 0 aromatic heterocycles. The second-order valence-electron chi connectivity index (χ2n) is 6.21. The molecule has 0 fully saturated rings. The zero-order valence-electron chi connectivity index (χ0n) is 15.8. The molecule has 146 valence electrons. The maximum atomic E-state index is 13.5. The minimum absolute atomic E-state index is 0.0116. The molecule has 0 saturated carbocycles. The maximum absolute atomic E-state index is 13.5. The minimum atomic E-state index is -3.98. The quantitative estimate of drug-likeness (QED) is 0.462. The molecule has 3 rings (SSSR count). The summed E-state index contributed by atoms with van der Waals surface area (Å²) in [6.07, 6.45) is 5.49. The molecule has 0 amide bonds. The SMILES string of the molecule is C#Cc1cccc(N(Cc2ccccc2)S(=O)(=O)c2cccc(C(=O)OC)c2)c1. The van der Waals surface area contributed by atoms with Crippen LogP contribution in [0.25, 0.3) is 0 Å². The molecule has 0 N–H and O–H groups in total. The normalized spacial score (nSPS) is 10.8. The summed E-state index contributed by atoms with van der Waals surface area (Å²) in [5.74, 6) is 1.92. The molecule has 6 heteroatoms. The predicted octanol–water partition coefficient (Wildman–Crippen LogP) is 3.85. The van der Waals surface area contributed by atoms with Gasteiger partial charge in [-0.25, -0.2) is 13.2 Å². The summed E-state index contributed by atoms with van der Waals surface area (Å²) in [4.78, 5) is 11.8. The van der Waals surface area contributed by atoms with Crippen molar-refractivity contribution in [3.8, 4) is 12.3 Å². The van der Waals surface area contributed by atoms with Crippen molar-refractivity contribution in [1.82, 2.24) is 0 Å². The van der Waals surface area contributed by atoms with E-state index in [4.69, 9.17) is 11.2 Å². The molecule has 29 heavy (non-hydrogen) atoms. The molecule has 0 saturated heterocycles. The first-order valence-electron chi connectivity index (χ1n) is 8.77. The lowest BCUT2D eigenvalue weighted by molar-refractivity contribution is 0.0600. The van der Waals surface area contributed by atoms with Crippen molar-refractivity contribution in [2.24, 2.45) is 0 Å². The number of ether oxygens (including phenoxy) is 1. The van der Waals surface area contributed by atoms with Crippen LogP contribution in [0.3, 0.4) is 0 Å². The van der Waals surface area contributed by atoms with E-state index in [0.717, 1.165) is 5.56 Å². The number of nitrogens with zero attached hydrogens (tertiary/aromatic N) is 1. The molecule has 0 bridgehead atoms. The number of terminal acetylenes is 1. The van der Waals surface area contributed by atoms with Gasteiger partial charge in [-0.15, -0.1) is 6.42 Å². The van der Waals surface area contributed by atoms with Crippen molar-refractivity contribution in [2.45, 2.75) is 11.4 Å². The molecule has 0 atom stereocenters. The molecule has 0 aliphatic rings. The molecule has 0 unspecified atom stereocenters. The van der Waals surface area contributed by atoms with Crippen LogP contribution in [0.4, 0.5) is 5.69 Å². The number of benzene rings is 3. The fraction of sp³-hybridized carbons (Fsp3) is 0.0870. The van der Waals surface area contributed by atoms with Gasteiger partial charge < -0.3 is 4.74 Å². The molecule has 0 aliphatic heterocycles. The van der Waals surface area contributed by atoms with Crippen LogP contribution in [-0.2, 0) is 21.3 Å². The van der Waals surface area contributed by atoms with Crippen LogP contribution in [-0.4, -0.2) is 21.5 Å². The number of sulfonamides is 1. The van der Waals surface area contributed by atoms with Crippen LogP contribution in [0.1, 0.15) is 21.5 Å². The van der Waals surface area contributed by atoms with E-state index in [1.165, 1.54) is 35.7 Å². The topological polar surface area (TPSA) is 63.7 Å². The number of anilines is 1. The van der Waals surface area contributed by atoms with Gasteiger partial charge in [0.25, 0.3) is 10.0 Å². The van der Waals surface area contributed by atoms with Gasteiger partial charge in [0.15, 0.2) is 0 Å². The van der Waals surface area contributed by atoms with E-state index in [1.54, 1.807) is 24.3 Å². The third-order valence-electron chi connectivity index (χ3n) is 4.31. The highest BCUT2D eigenvalue weighted by Crippen LogP contribution is 2.27. The highest BCUT2D eigenvalue weighted by molar-refractivity contribution is 7.92. The van der Waals surface area contributed by atoms with E-state index in [9.17, 15) is 13.2 Å². The van der Waals surface area contributed by atoms with E-state index < -0.39 is 16.0 Å². The summed E-state index contributed by atoms with van der Waals surface area (Å²) in [5.41, 5.74) is 1.98. The van der Waals surface area contributed by atoms with Crippen molar-refractivity contribution in [3.05, 3.63) is 95.6 Å². The van der Waals surface area contributed by atoms with E-state index in [-0.39, 0.29) is 17.0 Å². The molecule has 5 nitrogen and oxygen atoms in total. The Hall–Kier alpha value is -3.56. The van der Waals surface area contributed by atoms with Crippen LogP contribution < -0.4 is 4.31 Å². The van der Waals surface area contributed by atoms with Crippen LogP contribution >= 0.6 is 0 Å². The van der Waals surface area contributed by atoms with Gasteiger partial charge in [-0.05, 0) is 42.0 Å². The van der Waals surface area contributed by atoms with Crippen molar-refractivity contribution < 1.29 is 17.9 Å². The van der Waals surface area contributed by atoms with Crippen LogP contribution in [0, 0.1) is 12.3 Å². The Balaban J connectivity index is 2.12. The lowest BCUT2D eigenvalue weighted by Gasteiger charge is -2.25. The highest BCUT2D eigenvalue weighted by Gasteiger charge is 2.26. The first kappa shape index (κ1) is 20.2. The number of hydrogen-bond donors (Lipinski definition) is 0. The minimum Gasteiger partial charge on any atom is -0.465 e. The largest absolute Gasteiger partial charge is 0.465 e. The molecular formula is C23H19NO4S. The van der Waals surface area contributed by atoms with Crippen LogP contribution in [0.15, 0.2) is 83.8 Å². The van der Waals surface area contributed by atoms with Crippen molar-refractivity contribution in [3.63, 3.8) is 0 Å². The predicted molar refractivity (Wildman–Crippen MR) is 112 cm³/mol.